The summed E-state index contributed by atoms with van der Waals surface area (Å²) in [5, 5.41) is 2.98. The lowest BCUT2D eigenvalue weighted by Gasteiger charge is -2.23. The van der Waals surface area contributed by atoms with E-state index in [1.165, 1.54) is 12.5 Å². The van der Waals surface area contributed by atoms with Crippen molar-refractivity contribution in [2.45, 2.75) is 44.7 Å². The number of nitrogens with zero attached hydrogens (tertiary/aromatic N) is 1. The van der Waals surface area contributed by atoms with E-state index in [-0.39, 0.29) is 30.7 Å². The molecule has 0 heterocycles. The van der Waals surface area contributed by atoms with Crippen LogP contribution in [0.15, 0.2) is 48.5 Å². The highest BCUT2D eigenvalue weighted by molar-refractivity contribution is 7.92. The summed E-state index contributed by atoms with van der Waals surface area (Å²) in [4.78, 5) is 12.1. The van der Waals surface area contributed by atoms with Crippen molar-refractivity contribution in [1.29, 1.82) is 0 Å². The fourth-order valence-electron chi connectivity index (χ4n) is 3.56. The number of amides is 1. The monoisotopic (exact) mass is 434 g/mol. The summed E-state index contributed by atoms with van der Waals surface area (Å²) < 4.78 is 45.2. The van der Waals surface area contributed by atoms with E-state index < -0.39 is 15.8 Å². The smallest absolute Gasteiger partial charge is 0.258 e. The minimum absolute atomic E-state index is 0.0964. The van der Waals surface area contributed by atoms with E-state index in [2.05, 4.69) is 5.32 Å². The Hall–Kier alpha value is -2.61. The number of hydrogen-bond acceptors (Lipinski definition) is 4. The molecular formula is C22H27FN2O4S. The number of nitrogens with one attached hydrogen (secondary N) is 1. The first-order valence-electron chi connectivity index (χ1n) is 10.1. The van der Waals surface area contributed by atoms with Crippen LogP contribution in [-0.4, -0.2) is 33.2 Å². The van der Waals surface area contributed by atoms with Gasteiger partial charge in [-0.3, -0.25) is 9.10 Å². The molecule has 2 aromatic rings. The summed E-state index contributed by atoms with van der Waals surface area (Å²) in [6, 6.07) is 12.6. The Bertz CT molecular complexity index is 957. The second-order valence-electron chi connectivity index (χ2n) is 7.55. The van der Waals surface area contributed by atoms with E-state index in [9.17, 15) is 17.6 Å². The van der Waals surface area contributed by atoms with Crippen molar-refractivity contribution >= 4 is 21.6 Å². The Labute approximate surface area is 177 Å². The maximum Gasteiger partial charge on any atom is 0.258 e. The number of carbonyl (C=O) groups excluding carboxylic acids is 1. The molecule has 1 amide bonds. The van der Waals surface area contributed by atoms with Crippen molar-refractivity contribution in [2.75, 3.05) is 17.2 Å². The number of sulfonamides is 1. The van der Waals surface area contributed by atoms with Gasteiger partial charge in [0, 0.05) is 11.6 Å². The number of carbonyl (C=O) groups is 1. The molecule has 8 heteroatoms. The summed E-state index contributed by atoms with van der Waals surface area (Å²) >= 11 is 0. The maximum absolute atomic E-state index is 14.0. The molecule has 1 aliphatic rings. The van der Waals surface area contributed by atoms with E-state index in [4.69, 9.17) is 4.74 Å². The summed E-state index contributed by atoms with van der Waals surface area (Å²) in [7, 11) is -3.63. The van der Waals surface area contributed by atoms with Gasteiger partial charge in [-0.25, -0.2) is 12.8 Å². The first-order chi connectivity index (χ1) is 14.3. The second kappa shape index (κ2) is 9.93. The van der Waals surface area contributed by atoms with Gasteiger partial charge in [0.25, 0.3) is 5.91 Å². The molecule has 0 bridgehead atoms. The summed E-state index contributed by atoms with van der Waals surface area (Å²) in [5.41, 5.74) is 0.669. The fourth-order valence-corrected chi connectivity index (χ4v) is 4.43. The lowest BCUT2D eigenvalue weighted by atomic mass is 9.95. The van der Waals surface area contributed by atoms with Gasteiger partial charge < -0.3 is 10.1 Å². The zero-order valence-electron chi connectivity index (χ0n) is 17.0. The van der Waals surface area contributed by atoms with Crippen molar-refractivity contribution < 1.29 is 22.3 Å². The lowest BCUT2D eigenvalue weighted by molar-refractivity contribution is -0.124. The Kier molecular flexibility index (Phi) is 7.31. The number of halogens is 1. The van der Waals surface area contributed by atoms with Crippen LogP contribution in [-0.2, 0) is 21.4 Å². The van der Waals surface area contributed by atoms with Crippen LogP contribution in [0.3, 0.4) is 0 Å². The molecule has 0 unspecified atom stereocenters. The van der Waals surface area contributed by atoms with Crippen molar-refractivity contribution in [1.82, 2.24) is 5.32 Å². The Morgan fingerprint density at radius 3 is 2.40 bits per heavy atom. The highest BCUT2D eigenvalue weighted by Gasteiger charge is 2.20. The van der Waals surface area contributed by atoms with Crippen LogP contribution < -0.4 is 14.4 Å². The van der Waals surface area contributed by atoms with E-state index in [1.807, 2.05) is 0 Å². The van der Waals surface area contributed by atoms with Crippen LogP contribution in [0, 0.1) is 5.82 Å². The number of rotatable bonds is 8. The van der Waals surface area contributed by atoms with Gasteiger partial charge in [0.05, 0.1) is 18.5 Å². The predicted molar refractivity (Wildman–Crippen MR) is 114 cm³/mol. The molecule has 1 fully saturated rings. The molecule has 3 rings (SSSR count). The van der Waals surface area contributed by atoms with Crippen LogP contribution in [0.25, 0.3) is 0 Å². The first kappa shape index (κ1) is 22.1. The van der Waals surface area contributed by atoms with Crippen molar-refractivity contribution in [3.05, 3.63) is 59.9 Å². The number of benzene rings is 2. The predicted octanol–water partition coefficient (Wildman–Crippen LogP) is 3.62. The molecule has 1 aliphatic carbocycles. The second-order valence-corrected chi connectivity index (χ2v) is 9.45. The summed E-state index contributed by atoms with van der Waals surface area (Å²) in [6.45, 7) is -0.212. The van der Waals surface area contributed by atoms with Crippen LogP contribution >= 0.6 is 0 Å². The van der Waals surface area contributed by atoms with E-state index in [1.54, 1.807) is 42.5 Å². The minimum atomic E-state index is -3.63. The van der Waals surface area contributed by atoms with E-state index >= 15 is 0 Å². The first-order valence-corrected chi connectivity index (χ1v) is 11.9. The average molecular weight is 435 g/mol. The highest BCUT2D eigenvalue weighted by Crippen LogP contribution is 2.24. The van der Waals surface area contributed by atoms with Gasteiger partial charge in [0.15, 0.2) is 6.61 Å². The number of ether oxygens (including phenoxy) is 1. The molecule has 1 N–H and O–H groups in total. The van der Waals surface area contributed by atoms with Gasteiger partial charge in [0.1, 0.15) is 11.6 Å². The Balaban J connectivity index is 1.62. The van der Waals surface area contributed by atoms with Crippen LogP contribution in [0.4, 0.5) is 10.1 Å². The molecule has 0 radical (unpaired) electrons. The van der Waals surface area contributed by atoms with Crippen LogP contribution in [0.1, 0.15) is 37.7 Å². The van der Waals surface area contributed by atoms with Crippen molar-refractivity contribution in [3.8, 4) is 5.75 Å². The largest absolute Gasteiger partial charge is 0.484 e. The molecule has 30 heavy (non-hydrogen) atoms. The molecule has 0 aliphatic heterocycles. The third-order valence-electron chi connectivity index (χ3n) is 5.14. The van der Waals surface area contributed by atoms with Gasteiger partial charge in [-0.2, -0.15) is 0 Å². The lowest BCUT2D eigenvalue weighted by Crippen LogP contribution is -2.38. The third-order valence-corrected chi connectivity index (χ3v) is 6.28. The normalized spacial score (nSPS) is 14.9. The number of hydrogen-bond donors (Lipinski definition) is 1. The van der Waals surface area contributed by atoms with Gasteiger partial charge in [-0.1, -0.05) is 37.5 Å². The number of anilines is 1. The van der Waals surface area contributed by atoms with Gasteiger partial charge >= 0.3 is 0 Å². The zero-order valence-corrected chi connectivity index (χ0v) is 17.8. The maximum atomic E-state index is 14.0. The Morgan fingerprint density at radius 1 is 1.10 bits per heavy atom. The molecule has 162 valence electrons. The minimum Gasteiger partial charge on any atom is -0.484 e. The third kappa shape index (κ3) is 6.19. The summed E-state index contributed by atoms with van der Waals surface area (Å²) in [5.74, 6) is -0.171. The zero-order chi connectivity index (χ0) is 21.6. The van der Waals surface area contributed by atoms with Crippen LogP contribution in [0.2, 0.25) is 0 Å². The molecule has 0 saturated heterocycles. The standard InChI is InChI=1S/C22H27FN2O4S/c1-30(27,28)25(15-17-7-5-6-10-21(17)23)19-11-13-20(14-12-19)29-16-22(26)24-18-8-3-2-4-9-18/h5-7,10-14,18H,2-4,8-9,15-16H2,1H3,(H,24,26). The molecule has 2 aromatic carbocycles. The quantitative estimate of drug-likeness (QED) is 0.689. The molecule has 0 aromatic heterocycles. The summed E-state index contributed by atoms with van der Waals surface area (Å²) in [6.07, 6.45) is 6.58. The molecular weight excluding hydrogens is 407 g/mol. The Morgan fingerprint density at radius 2 is 1.77 bits per heavy atom. The van der Waals surface area contributed by atoms with E-state index in [0.29, 0.717) is 11.4 Å². The van der Waals surface area contributed by atoms with Crippen molar-refractivity contribution in [2.24, 2.45) is 0 Å². The average Bonchev–Trinajstić information content (AvgIpc) is 2.72. The molecule has 0 spiro atoms. The van der Waals surface area contributed by atoms with Gasteiger partial charge in [-0.05, 0) is 43.2 Å². The van der Waals surface area contributed by atoms with Gasteiger partial charge in [-0.15, -0.1) is 0 Å². The van der Waals surface area contributed by atoms with Gasteiger partial charge in [0.2, 0.25) is 10.0 Å². The molecule has 6 nitrogen and oxygen atoms in total. The molecule has 0 atom stereocenters. The highest BCUT2D eigenvalue weighted by atomic mass is 32.2. The molecule has 1 saturated carbocycles. The van der Waals surface area contributed by atoms with Crippen molar-refractivity contribution in [3.63, 3.8) is 0 Å². The van der Waals surface area contributed by atoms with E-state index in [0.717, 1.165) is 36.2 Å². The topological polar surface area (TPSA) is 75.7 Å². The SMILES string of the molecule is CS(=O)(=O)N(Cc1ccccc1F)c1ccc(OCC(=O)NC2CCCCC2)cc1. The van der Waals surface area contributed by atoms with Crippen LogP contribution in [0.5, 0.6) is 5.75 Å². The fraction of sp³-hybridized carbons (Fsp3) is 0.409.